The van der Waals surface area contributed by atoms with Gasteiger partial charge in [0.15, 0.2) is 0 Å². The van der Waals surface area contributed by atoms with Crippen molar-refractivity contribution >= 4 is 34.8 Å². The zero-order valence-corrected chi connectivity index (χ0v) is 23.6. The van der Waals surface area contributed by atoms with Gasteiger partial charge in [0, 0.05) is 6.42 Å². The number of aryl methyl sites for hydroxylation is 1. The van der Waals surface area contributed by atoms with E-state index in [1.165, 1.54) is 12.1 Å². The fraction of sp³-hybridized carbons (Fsp3) is 0.276. The summed E-state index contributed by atoms with van der Waals surface area (Å²) < 4.78 is 39.7. The zero-order valence-electron chi connectivity index (χ0n) is 21.8. The molecule has 0 spiro atoms. The molecule has 0 bridgehead atoms. The maximum atomic E-state index is 12.7. The quantitative estimate of drug-likeness (QED) is 0.293. The number of nitrogens with one attached hydrogen (secondary N) is 1. The summed E-state index contributed by atoms with van der Waals surface area (Å²) in [6.45, 7) is 12.2. The fourth-order valence-corrected chi connectivity index (χ4v) is 9.85. The van der Waals surface area contributed by atoms with E-state index in [0.717, 1.165) is 15.9 Å². The Balaban J connectivity index is 1.86. The number of benzene rings is 3. The highest BCUT2D eigenvalue weighted by Gasteiger charge is 2.50. The molecule has 3 aromatic carbocycles. The minimum atomic E-state index is -4.07. The van der Waals surface area contributed by atoms with Gasteiger partial charge >= 0.3 is 6.09 Å². The van der Waals surface area contributed by atoms with Crippen LogP contribution in [0.2, 0.25) is 5.04 Å². The summed E-state index contributed by atoms with van der Waals surface area (Å²) in [4.78, 5) is 12.6. The Labute approximate surface area is 221 Å². The normalized spacial score (nSPS) is 13.0. The fourth-order valence-electron chi connectivity index (χ4n) is 4.38. The van der Waals surface area contributed by atoms with Gasteiger partial charge in [0.25, 0.3) is 18.3 Å². The lowest BCUT2D eigenvalue weighted by Gasteiger charge is -2.43. The van der Waals surface area contributed by atoms with Gasteiger partial charge in [-0.15, -0.1) is 6.58 Å². The van der Waals surface area contributed by atoms with Crippen molar-refractivity contribution in [3.05, 3.63) is 103 Å². The summed E-state index contributed by atoms with van der Waals surface area (Å²) in [5, 5.41) is 1.93. The molecule has 0 heterocycles. The molecule has 0 aromatic heterocycles. The average Bonchev–Trinajstić information content (AvgIpc) is 2.85. The third kappa shape index (κ3) is 6.77. The molecule has 3 rings (SSSR count). The first kappa shape index (κ1) is 28.4. The molecular weight excluding hydrogens is 502 g/mol. The Kier molecular flexibility index (Phi) is 9.12. The molecule has 1 unspecified atom stereocenters. The van der Waals surface area contributed by atoms with Gasteiger partial charge in [0.1, 0.15) is 6.10 Å². The Morgan fingerprint density at radius 2 is 1.46 bits per heavy atom. The van der Waals surface area contributed by atoms with E-state index in [4.69, 9.17) is 9.16 Å². The number of ether oxygens (including phenoxy) is 1. The van der Waals surface area contributed by atoms with Gasteiger partial charge in [-0.1, -0.05) is 105 Å². The molecular formula is C29H35NO5SSi. The molecule has 6 nitrogen and oxygen atoms in total. The number of rotatable bonds is 10. The van der Waals surface area contributed by atoms with Gasteiger partial charge in [-0.2, -0.15) is 0 Å². The molecule has 0 aliphatic carbocycles. The minimum Gasteiger partial charge on any atom is -0.443 e. The molecule has 0 aliphatic rings. The maximum absolute atomic E-state index is 12.7. The van der Waals surface area contributed by atoms with Crippen LogP contribution >= 0.6 is 0 Å². The highest BCUT2D eigenvalue weighted by atomic mass is 32.2. The van der Waals surface area contributed by atoms with Crippen LogP contribution < -0.4 is 15.1 Å². The van der Waals surface area contributed by atoms with Crippen LogP contribution in [-0.2, 0) is 19.2 Å². The van der Waals surface area contributed by atoms with E-state index in [0.29, 0.717) is 6.42 Å². The van der Waals surface area contributed by atoms with Crippen molar-refractivity contribution in [2.45, 2.75) is 50.2 Å². The van der Waals surface area contributed by atoms with E-state index in [-0.39, 0.29) is 16.5 Å². The Hall–Kier alpha value is -3.20. The molecule has 8 heteroatoms. The lowest BCUT2D eigenvalue weighted by Crippen LogP contribution is -2.67. The molecule has 1 atom stereocenters. The van der Waals surface area contributed by atoms with Crippen molar-refractivity contribution < 1.29 is 22.4 Å². The highest BCUT2D eigenvalue weighted by molar-refractivity contribution is 7.90. The Bertz CT molecular complexity index is 1250. The number of hydrogen-bond acceptors (Lipinski definition) is 5. The largest absolute Gasteiger partial charge is 0.443 e. The summed E-state index contributed by atoms with van der Waals surface area (Å²) in [5.74, 6) is 0. The minimum absolute atomic E-state index is 0.0149. The van der Waals surface area contributed by atoms with E-state index in [2.05, 4.69) is 51.6 Å². The van der Waals surface area contributed by atoms with Crippen molar-refractivity contribution in [2.24, 2.45) is 0 Å². The van der Waals surface area contributed by atoms with Crippen LogP contribution in [0.4, 0.5) is 4.79 Å². The molecule has 0 saturated carbocycles. The Morgan fingerprint density at radius 3 is 1.92 bits per heavy atom. The third-order valence-electron chi connectivity index (χ3n) is 6.15. The van der Waals surface area contributed by atoms with Crippen molar-refractivity contribution in [2.75, 3.05) is 6.61 Å². The lowest BCUT2D eigenvalue weighted by molar-refractivity contribution is 0.0677. The van der Waals surface area contributed by atoms with Gasteiger partial charge in [-0.05, 0) is 34.5 Å². The first-order valence-electron chi connectivity index (χ1n) is 12.2. The van der Waals surface area contributed by atoms with E-state index in [1.807, 2.05) is 48.0 Å². The van der Waals surface area contributed by atoms with Gasteiger partial charge in [-0.25, -0.2) is 17.9 Å². The smallest absolute Gasteiger partial charge is 0.421 e. The maximum Gasteiger partial charge on any atom is 0.421 e. The monoisotopic (exact) mass is 537 g/mol. The summed E-state index contributed by atoms with van der Waals surface area (Å²) in [5.41, 5.74) is 0.910. The van der Waals surface area contributed by atoms with Gasteiger partial charge in [-0.3, -0.25) is 0 Å². The standard InChI is InChI=1S/C29H35NO5SSi/c1-6-13-24(35-28(31)30-36(32,33)25-20-18-23(2)19-21-25)22-34-37(29(3,4)5,26-14-9-7-10-15-26)27-16-11-8-12-17-27/h6-12,14-21,24H,1,13,22H2,2-5H3,(H,30,31). The van der Waals surface area contributed by atoms with Crippen molar-refractivity contribution in [1.82, 2.24) is 4.72 Å². The second kappa shape index (κ2) is 11.9. The second-order valence-electron chi connectivity index (χ2n) is 9.94. The third-order valence-corrected chi connectivity index (χ3v) is 12.5. The molecule has 1 amide bonds. The first-order valence-corrected chi connectivity index (χ1v) is 15.5. The number of amides is 1. The van der Waals surface area contributed by atoms with Crippen LogP contribution in [-0.4, -0.2) is 35.5 Å². The summed E-state index contributed by atoms with van der Waals surface area (Å²) in [6.07, 6.45) is 0.142. The van der Waals surface area contributed by atoms with E-state index < -0.39 is 30.5 Å². The van der Waals surface area contributed by atoms with E-state index >= 15 is 0 Å². The van der Waals surface area contributed by atoms with Crippen molar-refractivity contribution in [3.8, 4) is 0 Å². The van der Waals surface area contributed by atoms with Gasteiger partial charge in [0.2, 0.25) is 0 Å². The topological polar surface area (TPSA) is 81.7 Å². The Morgan fingerprint density at radius 1 is 0.946 bits per heavy atom. The summed E-state index contributed by atoms with van der Waals surface area (Å²) >= 11 is 0. The first-order chi connectivity index (χ1) is 17.5. The summed E-state index contributed by atoms with van der Waals surface area (Å²) in [7, 11) is -6.93. The van der Waals surface area contributed by atoms with Crippen LogP contribution in [0.15, 0.2) is 102 Å². The molecule has 0 saturated heterocycles. The molecule has 1 N–H and O–H groups in total. The van der Waals surface area contributed by atoms with Crippen LogP contribution in [0.3, 0.4) is 0 Å². The molecule has 196 valence electrons. The molecule has 0 aliphatic heterocycles. The van der Waals surface area contributed by atoms with Gasteiger partial charge < -0.3 is 9.16 Å². The molecule has 0 radical (unpaired) electrons. The molecule has 0 fully saturated rings. The summed E-state index contributed by atoms with van der Waals surface area (Å²) in [6, 6.07) is 26.5. The predicted molar refractivity (Wildman–Crippen MR) is 150 cm³/mol. The number of sulfonamides is 1. The average molecular weight is 538 g/mol. The zero-order chi connectivity index (χ0) is 27.1. The van der Waals surface area contributed by atoms with Crippen LogP contribution in [0.5, 0.6) is 0 Å². The van der Waals surface area contributed by atoms with Crippen molar-refractivity contribution in [1.29, 1.82) is 0 Å². The lowest BCUT2D eigenvalue weighted by atomic mass is 10.2. The van der Waals surface area contributed by atoms with Gasteiger partial charge in [0.05, 0.1) is 11.5 Å². The second-order valence-corrected chi connectivity index (χ2v) is 15.9. The van der Waals surface area contributed by atoms with Crippen LogP contribution in [0, 0.1) is 6.92 Å². The van der Waals surface area contributed by atoms with Crippen LogP contribution in [0.25, 0.3) is 0 Å². The highest BCUT2D eigenvalue weighted by Crippen LogP contribution is 2.37. The van der Waals surface area contributed by atoms with E-state index in [9.17, 15) is 13.2 Å². The van der Waals surface area contributed by atoms with Crippen molar-refractivity contribution in [3.63, 3.8) is 0 Å². The van der Waals surface area contributed by atoms with Crippen LogP contribution in [0.1, 0.15) is 32.8 Å². The number of carbonyl (C=O) groups excluding carboxylic acids is 1. The number of hydrogen-bond donors (Lipinski definition) is 1. The van der Waals surface area contributed by atoms with E-state index in [1.54, 1.807) is 18.2 Å². The SMILES string of the molecule is C=CCC(CO[Si](c1ccccc1)(c1ccccc1)C(C)(C)C)OC(=O)NS(=O)(=O)c1ccc(C)cc1. The predicted octanol–water partition coefficient (Wildman–Crippen LogP) is 4.93. The molecule has 3 aromatic rings. The number of carbonyl (C=O) groups is 1. The molecule has 37 heavy (non-hydrogen) atoms.